The van der Waals surface area contributed by atoms with E-state index in [9.17, 15) is 5.11 Å². The minimum absolute atomic E-state index is 0.285. The number of alkyl halides is 1. The summed E-state index contributed by atoms with van der Waals surface area (Å²) in [5, 5.41) is 9.24. The van der Waals surface area contributed by atoms with E-state index in [4.69, 9.17) is 16.3 Å². The highest BCUT2D eigenvalue weighted by Gasteiger charge is 2.30. The zero-order valence-corrected chi connectivity index (χ0v) is 5.32. The van der Waals surface area contributed by atoms with Gasteiger partial charge in [0.05, 0.1) is 12.5 Å². The van der Waals surface area contributed by atoms with E-state index in [1.807, 2.05) is 0 Å². The monoisotopic (exact) mass is 136 g/mol. The minimum atomic E-state index is -0.721. The molecule has 1 heterocycles. The van der Waals surface area contributed by atoms with E-state index in [0.29, 0.717) is 19.6 Å². The van der Waals surface area contributed by atoms with Gasteiger partial charge in [-0.25, -0.2) is 0 Å². The lowest BCUT2D eigenvalue weighted by atomic mass is 10.1. The van der Waals surface area contributed by atoms with Gasteiger partial charge in [0.1, 0.15) is 5.60 Å². The van der Waals surface area contributed by atoms with Crippen LogP contribution in [0.4, 0.5) is 0 Å². The predicted molar refractivity (Wildman–Crippen MR) is 31.1 cm³/mol. The molecule has 0 aliphatic carbocycles. The molecule has 3 heteroatoms. The maximum absolute atomic E-state index is 9.24. The summed E-state index contributed by atoms with van der Waals surface area (Å²) in [5.41, 5.74) is -0.721. The van der Waals surface area contributed by atoms with Gasteiger partial charge in [-0.3, -0.25) is 0 Å². The molecule has 1 fully saturated rings. The number of halogens is 1. The average Bonchev–Trinajstić information content (AvgIpc) is 2.17. The van der Waals surface area contributed by atoms with Crippen LogP contribution in [-0.4, -0.2) is 29.8 Å². The Hall–Kier alpha value is 0.210. The molecule has 0 aromatic carbocycles. The number of rotatable bonds is 1. The van der Waals surface area contributed by atoms with Crippen LogP contribution in [0, 0.1) is 0 Å². The van der Waals surface area contributed by atoms with Gasteiger partial charge >= 0.3 is 0 Å². The Morgan fingerprint density at radius 1 is 1.75 bits per heavy atom. The van der Waals surface area contributed by atoms with Crippen LogP contribution in [-0.2, 0) is 4.74 Å². The van der Waals surface area contributed by atoms with Crippen molar-refractivity contribution < 1.29 is 9.84 Å². The third-order valence-electron chi connectivity index (χ3n) is 1.33. The van der Waals surface area contributed by atoms with Gasteiger partial charge in [0.25, 0.3) is 0 Å². The van der Waals surface area contributed by atoms with Crippen LogP contribution in [0.1, 0.15) is 6.42 Å². The molecule has 1 rings (SSSR count). The van der Waals surface area contributed by atoms with Crippen molar-refractivity contribution in [2.75, 3.05) is 19.1 Å². The fourth-order valence-corrected chi connectivity index (χ4v) is 0.913. The van der Waals surface area contributed by atoms with Gasteiger partial charge in [0, 0.05) is 13.0 Å². The van der Waals surface area contributed by atoms with Gasteiger partial charge in [0.2, 0.25) is 0 Å². The van der Waals surface area contributed by atoms with Crippen molar-refractivity contribution in [3.63, 3.8) is 0 Å². The predicted octanol–water partition coefficient (Wildman–Crippen LogP) is 0.377. The first-order chi connectivity index (χ1) is 3.77. The Balaban J connectivity index is 2.40. The molecule has 0 aromatic heterocycles. The first-order valence-corrected chi connectivity index (χ1v) is 3.16. The summed E-state index contributed by atoms with van der Waals surface area (Å²) >= 11 is 5.42. The van der Waals surface area contributed by atoms with Crippen molar-refractivity contribution >= 4 is 11.6 Å². The van der Waals surface area contributed by atoms with Gasteiger partial charge < -0.3 is 9.84 Å². The highest BCUT2D eigenvalue weighted by atomic mass is 35.5. The van der Waals surface area contributed by atoms with E-state index < -0.39 is 5.60 Å². The molecule has 0 saturated carbocycles. The molecule has 0 spiro atoms. The lowest BCUT2D eigenvalue weighted by Crippen LogP contribution is -2.30. The van der Waals surface area contributed by atoms with Gasteiger partial charge in [-0.1, -0.05) is 0 Å². The first kappa shape index (κ1) is 6.33. The van der Waals surface area contributed by atoms with E-state index in [1.165, 1.54) is 0 Å². The van der Waals surface area contributed by atoms with E-state index in [0.717, 1.165) is 0 Å². The summed E-state index contributed by atoms with van der Waals surface area (Å²) in [6.45, 7) is 1.04. The van der Waals surface area contributed by atoms with Crippen molar-refractivity contribution in [1.82, 2.24) is 0 Å². The summed E-state index contributed by atoms with van der Waals surface area (Å²) in [5.74, 6) is 0.285. The molecule has 1 aliphatic heterocycles. The SMILES string of the molecule is OC1(CCl)CCOC1. The van der Waals surface area contributed by atoms with Crippen LogP contribution in [0.25, 0.3) is 0 Å². The van der Waals surface area contributed by atoms with Gasteiger partial charge in [-0.15, -0.1) is 11.6 Å². The van der Waals surface area contributed by atoms with Crippen molar-refractivity contribution in [3.8, 4) is 0 Å². The quantitative estimate of drug-likeness (QED) is 0.528. The molecule has 1 aliphatic rings. The summed E-state index contributed by atoms with van der Waals surface area (Å²) in [6.07, 6.45) is 0.677. The maximum Gasteiger partial charge on any atom is 0.104 e. The lowest BCUT2D eigenvalue weighted by molar-refractivity contribution is 0.0465. The van der Waals surface area contributed by atoms with Gasteiger partial charge in [-0.05, 0) is 0 Å². The molecule has 1 N–H and O–H groups in total. The second-order valence-corrected chi connectivity index (χ2v) is 2.43. The summed E-state index contributed by atoms with van der Waals surface area (Å²) in [7, 11) is 0. The van der Waals surface area contributed by atoms with Gasteiger partial charge in [0.15, 0.2) is 0 Å². The fourth-order valence-electron chi connectivity index (χ4n) is 0.702. The van der Waals surface area contributed by atoms with E-state index in [2.05, 4.69) is 0 Å². The third kappa shape index (κ3) is 1.13. The standard InChI is InChI=1S/C5H9ClO2/c6-3-5(7)1-2-8-4-5/h7H,1-4H2. The highest BCUT2D eigenvalue weighted by molar-refractivity contribution is 6.18. The van der Waals surface area contributed by atoms with Crippen LogP contribution >= 0.6 is 11.6 Å². The van der Waals surface area contributed by atoms with Gasteiger partial charge in [-0.2, -0.15) is 0 Å². The minimum Gasteiger partial charge on any atom is -0.386 e. The Morgan fingerprint density at radius 3 is 2.75 bits per heavy atom. The molecule has 1 unspecified atom stereocenters. The normalized spacial score (nSPS) is 38.2. The summed E-state index contributed by atoms with van der Waals surface area (Å²) in [4.78, 5) is 0. The average molecular weight is 137 g/mol. The smallest absolute Gasteiger partial charge is 0.104 e. The van der Waals surface area contributed by atoms with Crippen LogP contribution in [0.3, 0.4) is 0 Å². The van der Waals surface area contributed by atoms with E-state index in [1.54, 1.807) is 0 Å². The molecule has 1 atom stereocenters. The Bertz CT molecular complexity index is 78.5. The van der Waals surface area contributed by atoms with Crippen molar-refractivity contribution in [2.45, 2.75) is 12.0 Å². The Kier molecular flexibility index (Phi) is 1.75. The number of aliphatic hydroxyl groups is 1. The number of hydrogen-bond donors (Lipinski definition) is 1. The van der Waals surface area contributed by atoms with E-state index in [-0.39, 0.29) is 5.88 Å². The molecular weight excluding hydrogens is 128 g/mol. The van der Waals surface area contributed by atoms with Crippen molar-refractivity contribution in [3.05, 3.63) is 0 Å². The number of ether oxygens (including phenoxy) is 1. The lowest BCUT2D eigenvalue weighted by Gasteiger charge is -2.14. The third-order valence-corrected chi connectivity index (χ3v) is 1.83. The highest BCUT2D eigenvalue weighted by Crippen LogP contribution is 2.18. The Morgan fingerprint density at radius 2 is 2.50 bits per heavy atom. The zero-order valence-electron chi connectivity index (χ0n) is 4.56. The Labute approximate surface area is 53.4 Å². The number of hydrogen-bond acceptors (Lipinski definition) is 2. The molecule has 0 radical (unpaired) electrons. The zero-order chi connectivity index (χ0) is 6.04. The van der Waals surface area contributed by atoms with Crippen LogP contribution in [0.2, 0.25) is 0 Å². The van der Waals surface area contributed by atoms with Crippen LogP contribution < -0.4 is 0 Å². The topological polar surface area (TPSA) is 29.5 Å². The van der Waals surface area contributed by atoms with Crippen molar-refractivity contribution in [2.24, 2.45) is 0 Å². The fraction of sp³-hybridized carbons (Fsp3) is 1.00. The largest absolute Gasteiger partial charge is 0.386 e. The second-order valence-electron chi connectivity index (χ2n) is 2.16. The van der Waals surface area contributed by atoms with Crippen LogP contribution in [0.5, 0.6) is 0 Å². The molecule has 0 bridgehead atoms. The van der Waals surface area contributed by atoms with E-state index >= 15 is 0 Å². The maximum atomic E-state index is 9.24. The van der Waals surface area contributed by atoms with Crippen LogP contribution in [0.15, 0.2) is 0 Å². The summed E-state index contributed by atoms with van der Waals surface area (Å²) in [6, 6.07) is 0. The summed E-state index contributed by atoms with van der Waals surface area (Å²) < 4.78 is 4.92. The van der Waals surface area contributed by atoms with Crippen molar-refractivity contribution in [1.29, 1.82) is 0 Å². The second kappa shape index (κ2) is 2.21. The molecule has 48 valence electrons. The molecule has 1 saturated heterocycles. The molecular formula is C5H9ClO2. The molecule has 2 nitrogen and oxygen atoms in total. The molecule has 0 aromatic rings. The molecule has 0 amide bonds. The first-order valence-electron chi connectivity index (χ1n) is 2.63. The molecule has 8 heavy (non-hydrogen) atoms.